The number of rotatable bonds is 3. The Bertz CT molecular complexity index is 163. The second-order valence-corrected chi connectivity index (χ2v) is 3.19. The SMILES string of the molecule is CC(NCO)S(=O)(=O)[O-]. The lowest BCUT2D eigenvalue weighted by Gasteiger charge is -2.15. The Hall–Kier alpha value is -0.170. The van der Waals surface area contributed by atoms with Crippen LogP contribution in [0.2, 0.25) is 0 Å². The molecular formula is C3H8NO4S-. The van der Waals surface area contributed by atoms with Crippen LogP contribution in [0.15, 0.2) is 0 Å². The molecule has 0 heterocycles. The van der Waals surface area contributed by atoms with E-state index in [9.17, 15) is 13.0 Å². The molecule has 1 atom stereocenters. The molecule has 56 valence electrons. The summed E-state index contributed by atoms with van der Waals surface area (Å²) in [6, 6.07) is 0. The third-order valence-corrected chi connectivity index (χ3v) is 1.84. The van der Waals surface area contributed by atoms with E-state index in [0.717, 1.165) is 0 Å². The molecule has 5 nitrogen and oxygen atoms in total. The van der Waals surface area contributed by atoms with Gasteiger partial charge in [-0.15, -0.1) is 0 Å². The van der Waals surface area contributed by atoms with Crippen molar-refractivity contribution in [3.8, 4) is 0 Å². The largest absolute Gasteiger partial charge is 0.747 e. The third-order valence-electron chi connectivity index (χ3n) is 0.812. The van der Waals surface area contributed by atoms with Crippen molar-refractivity contribution in [2.24, 2.45) is 0 Å². The Morgan fingerprint density at radius 3 is 2.33 bits per heavy atom. The van der Waals surface area contributed by atoms with Crippen molar-refractivity contribution in [2.75, 3.05) is 6.73 Å². The number of hydrogen-bond donors (Lipinski definition) is 2. The normalized spacial score (nSPS) is 15.4. The first-order valence-electron chi connectivity index (χ1n) is 2.27. The highest BCUT2D eigenvalue weighted by Crippen LogP contribution is 1.89. The molecule has 0 bridgehead atoms. The van der Waals surface area contributed by atoms with Crippen LogP contribution in [0.5, 0.6) is 0 Å². The average molecular weight is 154 g/mol. The van der Waals surface area contributed by atoms with E-state index in [1.807, 2.05) is 5.32 Å². The van der Waals surface area contributed by atoms with Crippen molar-refractivity contribution < 1.29 is 18.1 Å². The van der Waals surface area contributed by atoms with Crippen molar-refractivity contribution in [3.63, 3.8) is 0 Å². The lowest BCUT2D eigenvalue weighted by atomic mass is 10.7. The van der Waals surface area contributed by atoms with Gasteiger partial charge in [0.25, 0.3) is 0 Å². The van der Waals surface area contributed by atoms with Crippen molar-refractivity contribution in [2.45, 2.75) is 12.3 Å². The summed E-state index contributed by atoms with van der Waals surface area (Å²) in [4.78, 5) is 0. The monoisotopic (exact) mass is 154 g/mol. The van der Waals surface area contributed by atoms with Crippen LogP contribution in [0.3, 0.4) is 0 Å². The number of aliphatic hydroxyl groups excluding tert-OH is 1. The Morgan fingerprint density at radius 2 is 2.22 bits per heavy atom. The fourth-order valence-corrected chi connectivity index (χ4v) is 0.509. The first-order valence-corrected chi connectivity index (χ1v) is 3.74. The molecule has 0 saturated carbocycles. The first kappa shape index (κ1) is 8.83. The zero-order valence-corrected chi connectivity index (χ0v) is 5.68. The van der Waals surface area contributed by atoms with E-state index < -0.39 is 22.2 Å². The van der Waals surface area contributed by atoms with Gasteiger partial charge in [-0.2, -0.15) is 0 Å². The van der Waals surface area contributed by atoms with E-state index in [-0.39, 0.29) is 0 Å². The Balaban J connectivity index is 3.90. The molecule has 0 fully saturated rings. The molecule has 0 rings (SSSR count). The van der Waals surface area contributed by atoms with Crippen LogP contribution in [-0.4, -0.2) is 30.2 Å². The van der Waals surface area contributed by atoms with Gasteiger partial charge < -0.3 is 9.66 Å². The molecule has 0 spiro atoms. The fraction of sp³-hybridized carbons (Fsp3) is 1.00. The van der Waals surface area contributed by atoms with Crippen LogP contribution in [0.25, 0.3) is 0 Å². The van der Waals surface area contributed by atoms with Crippen molar-refractivity contribution in [1.82, 2.24) is 5.32 Å². The van der Waals surface area contributed by atoms with Gasteiger partial charge in [-0.05, 0) is 6.92 Å². The van der Waals surface area contributed by atoms with Gasteiger partial charge in [-0.3, -0.25) is 5.32 Å². The minimum atomic E-state index is -4.29. The Labute approximate surface area is 53.4 Å². The molecule has 0 amide bonds. The van der Waals surface area contributed by atoms with Gasteiger partial charge in [-0.1, -0.05) is 0 Å². The van der Waals surface area contributed by atoms with Gasteiger partial charge in [0.2, 0.25) is 0 Å². The molecule has 0 saturated heterocycles. The van der Waals surface area contributed by atoms with Crippen molar-refractivity contribution in [3.05, 3.63) is 0 Å². The second kappa shape index (κ2) is 3.11. The number of aliphatic hydroxyl groups is 1. The number of nitrogens with one attached hydrogen (secondary N) is 1. The highest BCUT2D eigenvalue weighted by molar-refractivity contribution is 7.86. The zero-order chi connectivity index (χ0) is 7.49. The van der Waals surface area contributed by atoms with Gasteiger partial charge >= 0.3 is 0 Å². The summed E-state index contributed by atoms with van der Waals surface area (Å²) in [6.45, 7) is 0.654. The minimum Gasteiger partial charge on any atom is -0.747 e. The summed E-state index contributed by atoms with van der Waals surface area (Å²) in [5, 5.41) is 8.91. The molecular weight excluding hydrogens is 146 g/mol. The lowest BCUT2D eigenvalue weighted by Crippen LogP contribution is -2.34. The Morgan fingerprint density at radius 1 is 1.78 bits per heavy atom. The van der Waals surface area contributed by atoms with E-state index in [2.05, 4.69) is 0 Å². The van der Waals surface area contributed by atoms with Crippen molar-refractivity contribution >= 4 is 10.1 Å². The fourth-order valence-electron chi connectivity index (χ4n) is 0.231. The standard InChI is InChI=1S/C3H9NO4S/c1-3(4-2-5)9(6,7)8/h3-5H,2H2,1H3,(H,6,7,8)/p-1. The molecule has 0 aliphatic heterocycles. The van der Waals surface area contributed by atoms with Crippen LogP contribution < -0.4 is 5.32 Å². The molecule has 6 heteroatoms. The average Bonchev–Trinajstić information content (AvgIpc) is 1.64. The van der Waals surface area contributed by atoms with Gasteiger partial charge in [-0.25, -0.2) is 8.42 Å². The van der Waals surface area contributed by atoms with Gasteiger partial charge in [0.15, 0.2) is 0 Å². The van der Waals surface area contributed by atoms with E-state index in [1.54, 1.807) is 0 Å². The summed E-state index contributed by atoms with van der Waals surface area (Å²) in [5.41, 5.74) is 0. The number of hydrogen-bond acceptors (Lipinski definition) is 5. The maximum Gasteiger partial charge on any atom is 0.111 e. The molecule has 0 aliphatic rings. The van der Waals surface area contributed by atoms with Gasteiger partial charge in [0, 0.05) is 0 Å². The quantitative estimate of drug-likeness (QED) is 0.378. The van der Waals surface area contributed by atoms with Crippen LogP contribution in [0, 0.1) is 0 Å². The summed E-state index contributed by atoms with van der Waals surface area (Å²) >= 11 is 0. The minimum absolute atomic E-state index is 0.511. The molecule has 0 aromatic rings. The summed E-state index contributed by atoms with van der Waals surface area (Å²) in [7, 11) is -4.29. The summed E-state index contributed by atoms with van der Waals surface area (Å²) in [5.74, 6) is 0. The van der Waals surface area contributed by atoms with Gasteiger partial charge in [0.1, 0.15) is 10.1 Å². The molecule has 0 aromatic heterocycles. The summed E-state index contributed by atoms with van der Waals surface area (Å²) in [6.07, 6.45) is 0. The zero-order valence-electron chi connectivity index (χ0n) is 4.86. The van der Waals surface area contributed by atoms with E-state index in [0.29, 0.717) is 0 Å². The topological polar surface area (TPSA) is 89.5 Å². The lowest BCUT2D eigenvalue weighted by molar-refractivity contribution is 0.254. The van der Waals surface area contributed by atoms with Crippen LogP contribution in [-0.2, 0) is 10.1 Å². The molecule has 0 aromatic carbocycles. The molecule has 1 unspecified atom stereocenters. The maximum absolute atomic E-state index is 9.99. The summed E-state index contributed by atoms with van der Waals surface area (Å²) < 4.78 is 30.0. The van der Waals surface area contributed by atoms with Crippen LogP contribution >= 0.6 is 0 Å². The third kappa shape index (κ3) is 3.41. The smallest absolute Gasteiger partial charge is 0.111 e. The van der Waals surface area contributed by atoms with Crippen LogP contribution in [0.1, 0.15) is 6.92 Å². The molecule has 9 heavy (non-hydrogen) atoms. The van der Waals surface area contributed by atoms with E-state index in [1.165, 1.54) is 6.92 Å². The maximum atomic E-state index is 9.99. The Kier molecular flexibility index (Phi) is 3.06. The van der Waals surface area contributed by atoms with E-state index in [4.69, 9.17) is 5.11 Å². The highest BCUT2D eigenvalue weighted by atomic mass is 32.2. The van der Waals surface area contributed by atoms with E-state index >= 15 is 0 Å². The van der Waals surface area contributed by atoms with Crippen LogP contribution in [0.4, 0.5) is 0 Å². The molecule has 2 N–H and O–H groups in total. The predicted octanol–water partition coefficient (Wildman–Crippen LogP) is -1.58. The van der Waals surface area contributed by atoms with Gasteiger partial charge in [0.05, 0.1) is 12.1 Å². The molecule has 0 radical (unpaired) electrons. The first-order chi connectivity index (χ1) is 3.98. The molecule has 0 aliphatic carbocycles. The second-order valence-electron chi connectivity index (χ2n) is 1.50. The van der Waals surface area contributed by atoms with Crippen molar-refractivity contribution in [1.29, 1.82) is 0 Å². The predicted molar refractivity (Wildman–Crippen MR) is 29.4 cm³/mol. The highest BCUT2D eigenvalue weighted by Gasteiger charge is 2.05.